The van der Waals surface area contributed by atoms with Gasteiger partial charge >= 0.3 is 0 Å². The summed E-state index contributed by atoms with van der Waals surface area (Å²) in [5, 5.41) is 17.5. The first-order valence-electron chi connectivity index (χ1n) is 3.81. The van der Waals surface area contributed by atoms with Crippen molar-refractivity contribution in [2.45, 2.75) is 12.8 Å². The highest BCUT2D eigenvalue weighted by molar-refractivity contribution is 4.69. The number of piperidine rings is 1. The molecule has 0 bridgehead atoms. The zero-order chi connectivity index (χ0) is 7.40. The molecule has 0 aromatic carbocycles. The molecule has 0 aromatic heterocycles. The molecule has 0 aliphatic carbocycles. The standard InChI is InChI=1S/C7H15NO2/c9-5-7-2-1-3-8(4-7)6-10/h7,9-10H,1-6H2. The van der Waals surface area contributed by atoms with E-state index in [4.69, 9.17) is 10.2 Å². The zero-order valence-corrected chi connectivity index (χ0v) is 6.16. The Kier molecular flexibility index (Phi) is 3.12. The maximum absolute atomic E-state index is 8.80. The largest absolute Gasteiger partial charge is 0.396 e. The van der Waals surface area contributed by atoms with Gasteiger partial charge in [-0.05, 0) is 18.8 Å². The van der Waals surface area contributed by atoms with Gasteiger partial charge in [0.15, 0.2) is 0 Å². The smallest absolute Gasteiger partial charge is 0.0956 e. The van der Waals surface area contributed by atoms with Crippen LogP contribution in [0.2, 0.25) is 0 Å². The average molecular weight is 145 g/mol. The van der Waals surface area contributed by atoms with Crippen LogP contribution in [-0.4, -0.2) is 41.5 Å². The van der Waals surface area contributed by atoms with E-state index >= 15 is 0 Å². The molecule has 1 atom stereocenters. The lowest BCUT2D eigenvalue weighted by atomic mass is 10.00. The van der Waals surface area contributed by atoms with Gasteiger partial charge in [-0.2, -0.15) is 0 Å². The summed E-state index contributed by atoms with van der Waals surface area (Å²) in [7, 11) is 0. The summed E-state index contributed by atoms with van der Waals surface area (Å²) in [6.45, 7) is 2.23. The first kappa shape index (κ1) is 7.98. The van der Waals surface area contributed by atoms with Crippen LogP contribution in [0.1, 0.15) is 12.8 Å². The number of hydrogen-bond acceptors (Lipinski definition) is 3. The molecule has 60 valence electrons. The first-order chi connectivity index (χ1) is 4.86. The molecule has 0 radical (unpaired) electrons. The second-order valence-electron chi connectivity index (χ2n) is 2.91. The fourth-order valence-corrected chi connectivity index (χ4v) is 1.43. The quantitative estimate of drug-likeness (QED) is 0.557. The molecule has 0 spiro atoms. The monoisotopic (exact) mass is 145 g/mol. The number of nitrogens with zero attached hydrogens (tertiary/aromatic N) is 1. The topological polar surface area (TPSA) is 43.7 Å². The van der Waals surface area contributed by atoms with E-state index in [9.17, 15) is 0 Å². The summed E-state index contributed by atoms with van der Waals surface area (Å²) < 4.78 is 0. The molecular weight excluding hydrogens is 130 g/mol. The minimum absolute atomic E-state index is 0.135. The number of aliphatic hydroxyl groups excluding tert-OH is 2. The Morgan fingerprint density at radius 1 is 1.40 bits per heavy atom. The molecule has 1 aliphatic rings. The third-order valence-corrected chi connectivity index (χ3v) is 2.06. The van der Waals surface area contributed by atoms with Crippen molar-refractivity contribution in [3.63, 3.8) is 0 Å². The number of rotatable bonds is 2. The van der Waals surface area contributed by atoms with E-state index < -0.39 is 0 Å². The Balaban J connectivity index is 2.25. The van der Waals surface area contributed by atoms with Gasteiger partial charge in [0, 0.05) is 19.7 Å². The van der Waals surface area contributed by atoms with Crippen LogP contribution in [0.3, 0.4) is 0 Å². The van der Waals surface area contributed by atoms with E-state index in [1.54, 1.807) is 0 Å². The summed E-state index contributed by atoms with van der Waals surface area (Å²) in [6.07, 6.45) is 2.21. The van der Waals surface area contributed by atoms with Crippen molar-refractivity contribution in [1.29, 1.82) is 0 Å². The van der Waals surface area contributed by atoms with E-state index in [-0.39, 0.29) is 13.3 Å². The van der Waals surface area contributed by atoms with E-state index in [2.05, 4.69) is 0 Å². The van der Waals surface area contributed by atoms with Gasteiger partial charge in [-0.3, -0.25) is 4.90 Å². The minimum Gasteiger partial charge on any atom is -0.396 e. The predicted molar refractivity (Wildman–Crippen MR) is 38.5 cm³/mol. The van der Waals surface area contributed by atoms with Gasteiger partial charge < -0.3 is 10.2 Å². The van der Waals surface area contributed by atoms with E-state index in [0.29, 0.717) is 5.92 Å². The molecule has 3 nitrogen and oxygen atoms in total. The van der Waals surface area contributed by atoms with Crippen LogP contribution < -0.4 is 0 Å². The van der Waals surface area contributed by atoms with Crippen molar-refractivity contribution in [2.24, 2.45) is 5.92 Å². The maximum Gasteiger partial charge on any atom is 0.0956 e. The maximum atomic E-state index is 8.80. The third kappa shape index (κ3) is 1.94. The van der Waals surface area contributed by atoms with Crippen molar-refractivity contribution in [3.8, 4) is 0 Å². The summed E-state index contributed by atoms with van der Waals surface area (Å²) in [4.78, 5) is 1.96. The van der Waals surface area contributed by atoms with Crippen LogP contribution >= 0.6 is 0 Å². The van der Waals surface area contributed by atoms with Gasteiger partial charge in [0.2, 0.25) is 0 Å². The van der Waals surface area contributed by atoms with Gasteiger partial charge in [0.05, 0.1) is 6.73 Å². The van der Waals surface area contributed by atoms with Crippen LogP contribution in [0, 0.1) is 5.92 Å². The molecule has 1 rings (SSSR count). The molecular formula is C7H15NO2. The normalized spacial score (nSPS) is 28.8. The second kappa shape index (κ2) is 3.91. The number of likely N-dealkylation sites (tertiary alicyclic amines) is 1. The summed E-state index contributed by atoms with van der Waals surface area (Å²) >= 11 is 0. The van der Waals surface area contributed by atoms with Gasteiger partial charge in [0.25, 0.3) is 0 Å². The Bertz CT molecular complexity index is 87.6. The molecule has 0 aromatic rings. The van der Waals surface area contributed by atoms with Crippen molar-refractivity contribution >= 4 is 0 Å². The van der Waals surface area contributed by atoms with Gasteiger partial charge in [-0.15, -0.1) is 0 Å². The Morgan fingerprint density at radius 3 is 2.80 bits per heavy atom. The zero-order valence-electron chi connectivity index (χ0n) is 6.16. The van der Waals surface area contributed by atoms with E-state index in [1.165, 1.54) is 0 Å². The van der Waals surface area contributed by atoms with Crippen LogP contribution in [-0.2, 0) is 0 Å². The molecule has 0 saturated carbocycles. The minimum atomic E-state index is 0.135. The Labute approximate surface area is 61.3 Å². The average Bonchev–Trinajstić information content (AvgIpc) is 2.05. The molecule has 3 heteroatoms. The molecule has 0 amide bonds. The van der Waals surface area contributed by atoms with Crippen molar-refractivity contribution in [3.05, 3.63) is 0 Å². The third-order valence-electron chi connectivity index (χ3n) is 2.06. The van der Waals surface area contributed by atoms with Crippen LogP contribution in [0.15, 0.2) is 0 Å². The molecule has 1 saturated heterocycles. The fourth-order valence-electron chi connectivity index (χ4n) is 1.43. The molecule has 1 aliphatic heterocycles. The summed E-state index contributed by atoms with van der Waals surface area (Å²) in [5.41, 5.74) is 0. The number of hydrogen-bond donors (Lipinski definition) is 2. The highest BCUT2D eigenvalue weighted by Crippen LogP contribution is 2.14. The molecule has 10 heavy (non-hydrogen) atoms. The highest BCUT2D eigenvalue weighted by atomic mass is 16.3. The van der Waals surface area contributed by atoms with Gasteiger partial charge in [-0.1, -0.05) is 0 Å². The lowest BCUT2D eigenvalue weighted by molar-refractivity contribution is 0.0493. The molecule has 1 heterocycles. The molecule has 2 N–H and O–H groups in total. The van der Waals surface area contributed by atoms with Crippen LogP contribution in [0.5, 0.6) is 0 Å². The SMILES string of the molecule is OCC1CCCN(CO)C1. The highest BCUT2D eigenvalue weighted by Gasteiger charge is 2.17. The fraction of sp³-hybridized carbons (Fsp3) is 1.00. The van der Waals surface area contributed by atoms with Crippen molar-refractivity contribution < 1.29 is 10.2 Å². The Morgan fingerprint density at radius 2 is 2.20 bits per heavy atom. The van der Waals surface area contributed by atoms with Crippen LogP contribution in [0.4, 0.5) is 0 Å². The predicted octanol–water partition coefficient (Wildman–Crippen LogP) is -0.360. The second-order valence-corrected chi connectivity index (χ2v) is 2.91. The van der Waals surface area contributed by atoms with Crippen LogP contribution in [0.25, 0.3) is 0 Å². The van der Waals surface area contributed by atoms with Gasteiger partial charge in [0.1, 0.15) is 0 Å². The van der Waals surface area contributed by atoms with E-state index in [1.807, 2.05) is 4.90 Å². The molecule has 1 fully saturated rings. The first-order valence-corrected chi connectivity index (χ1v) is 3.81. The lowest BCUT2D eigenvalue weighted by Crippen LogP contribution is -2.37. The van der Waals surface area contributed by atoms with Crippen molar-refractivity contribution in [2.75, 3.05) is 26.4 Å². The molecule has 1 unspecified atom stereocenters. The van der Waals surface area contributed by atoms with Gasteiger partial charge in [-0.25, -0.2) is 0 Å². The van der Waals surface area contributed by atoms with Crippen molar-refractivity contribution in [1.82, 2.24) is 4.90 Å². The summed E-state index contributed by atoms with van der Waals surface area (Å²) in [6, 6.07) is 0. The number of aliphatic hydroxyl groups is 2. The van der Waals surface area contributed by atoms with E-state index in [0.717, 1.165) is 25.9 Å². The Hall–Kier alpha value is -0.120. The summed E-state index contributed by atoms with van der Waals surface area (Å²) in [5.74, 6) is 0.390. The lowest BCUT2D eigenvalue weighted by Gasteiger charge is -2.29.